The van der Waals surface area contributed by atoms with Gasteiger partial charge in [0.1, 0.15) is 16.2 Å². The zero-order chi connectivity index (χ0) is 31.9. The number of sulfonamides is 1. The first-order valence-electron chi connectivity index (χ1n) is 13.3. The van der Waals surface area contributed by atoms with Gasteiger partial charge in [-0.05, 0) is 31.7 Å². The molecule has 44 heavy (non-hydrogen) atoms. The Labute approximate surface area is 250 Å². The topological polar surface area (TPSA) is 105 Å². The number of anilines is 2. The number of ether oxygens (including phenoxy) is 1. The zero-order valence-electron chi connectivity index (χ0n) is 23.8. The van der Waals surface area contributed by atoms with Gasteiger partial charge in [-0.3, -0.25) is 4.68 Å². The molecule has 0 bridgehead atoms. The number of halogens is 5. The number of nitrogens with zero attached hydrogens (tertiary/aromatic N) is 6. The van der Waals surface area contributed by atoms with Crippen LogP contribution in [0.5, 0.6) is 11.6 Å². The second-order valence-electron chi connectivity index (χ2n) is 10.3. The Morgan fingerprint density at radius 2 is 1.64 bits per heavy atom. The second kappa shape index (κ2) is 11.6. The Bertz CT molecular complexity index is 1770. The number of alkyl halides is 5. The van der Waals surface area contributed by atoms with Gasteiger partial charge in [0.05, 0.1) is 11.9 Å². The van der Waals surface area contributed by atoms with Crippen molar-refractivity contribution < 1.29 is 35.1 Å². The summed E-state index contributed by atoms with van der Waals surface area (Å²) < 4.78 is 108. The SMILES string of the molecule is Cc1ccccc1-c1nc(NS(=O)(=O)c2cnn(C)c2)nc(Oc2cccc(N3CCN(C)CC3)c2)c1C(F)(F)C(F)(F)F. The highest BCUT2D eigenvalue weighted by Crippen LogP contribution is 2.51. The van der Waals surface area contributed by atoms with Gasteiger partial charge in [0, 0.05) is 56.7 Å². The Morgan fingerprint density at radius 1 is 0.932 bits per heavy atom. The van der Waals surface area contributed by atoms with Gasteiger partial charge < -0.3 is 14.5 Å². The van der Waals surface area contributed by atoms with Crippen molar-refractivity contribution in [1.82, 2.24) is 24.6 Å². The molecule has 0 radical (unpaired) electrons. The number of aryl methyl sites for hydroxylation is 2. The molecule has 2 aromatic heterocycles. The van der Waals surface area contributed by atoms with E-state index >= 15 is 8.78 Å². The smallest absolute Gasteiger partial charge is 0.438 e. The standard InChI is InChI=1S/C28H28F5N7O3S/c1-18-7-4-5-10-22(18)24-23(27(29,30)28(31,32)33)25(36-26(35-24)37-44(41,42)21-16-34-39(3)17-21)43-20-9-6-8-19(15-20)40-13-11-38(2)12-14-40/h4-10,15-17H,11-14H2,1-3H3,(H,35,36,37). The second-order valence-corrected chi connectivity index (χ2v) is 12.0. The number of rotatable bonds is 8. The maximum atomic E-state index is 15.4. The van der Waals surface area contributed by atoms with Gasteiger partial charge >= 0.3 is 12.1 Å². The molecule has 1 aliphatic rings. The molecular weight excluding hydrogens is 609 g/mol. The van der Waals surface area contributed by atoms with Gasteiger partial charge in [-0.15, -0.1) is 0 Å². The van der Waals surface area contributed by atoms with Crippen molar-refractivity contribution in [1.29, 1.82) is 0 Å². The molecular formula is C28H28F5N7O3S. The third kappa shape index (κ3) is 6.31. The summed E-state index contributed by atoms with van der Waals surface area (Å²) in [7, 11) is -0.981. The zero-order valence-corrected chi connectivity index (χ0v) is 24.6. The van der Waals surface area contributed by atoms with Crippen LogP contribution in [-0.4, -0.2) is 72.5 Å². The Balaban J connectivity index is 1.69. The fourth-order valence-electron chi connectivity index (χ4n) is 4.65. The molecule has 0 spiro atoms. The largest absolute Gasteiger partial charge is 0.458 e. The van der Waals surface area contributed by atoms with Crippen LogP contribution in [0, 0.1) is 6.92 Å². The lowest BCUT2D eigenvalue weighted by atomic mass is 9.98. The summed E-state index contributed by atoms with van der Waals surface area (Å²) in [5.74, 6) is -7.52. The van der Waals surface area contributed by atoms with Crippen molar-refractivity contribution in [3.8, 4) is 22.9 Å². The predicted octanol–water partition coefficient (Wildman–Crippen LogP) is 5.18. The minimum absolute atomic E-state index is 0.0869. The molecule has 3 heterocycles. The first-order chi connectivity index (χ1) is 20.7. The molecule has 5 rings (SSSR count). The normalized spacial score (nSPS) is 15.0. The average Bonchev–Trinajstić information content (AvgIpc) is 3.40. The third-order valence-corrected chi connectivity index (χ3v) is 8.35. The van der Waals surface area contributed by atoms with E-state index in [0.29, 0.717) is 24.3 Å². The molecule has 234 valence electrons. The van der Waals surface area contributed by atoms with Crippen molar-refractivity contribution >= 4 is 21.7 Å². The van der Waals surface area contributed by atoms with Crippen molar-refractivity contribution in [2.24, 2.45) is 7.05 Å². The van der Waals surface area contributed by atoms with Crippen molar-refractivity contribution in [3.63, 3.8) is 0 Å². The Morgan fingerprint density at radius 3 is 2.27 bits per heavy atom. The van der Waals surface area contributed by atoms with Crippen LogP contribution in [0.1, 0.15) is 11.1 Å². The van der Waals surface area contributed by atoms with Crippen LogP contribution in [0.3, 0.4) is 0 Å². The van der Waals surface area contributed by atoms with E-state index in [1.165, 1.54) is 49.0 Å². The summed E-state index contributed by atoms with van der Waals surface area (Å²) in [4.78, 5) is 11.5. The molecule has 1 N–H and O–H groups in total. The van der Waals surface area contributed by atoms with E-state index < -0.39 is 45.2 Å². The van der Waals surface area contributed by atoms with Gasteiger partial charge in [-0.1, -0.05) is 30.3 Å². The van der Waals surface area contributed by atoms with Crippen molar-refractivity contribution in [3.05, 3.63) is 72.1 Å². The molecule has 1 aliphatic heterocycles. The summed E-state index contributed by atoms with van der Waals surface area (Å²) >= 11 is 0. The number of aromatic nitrogens is 4. The fraction of sp³-hybridized carbons (Fsp3) is 0.321. The van der Waals surface area contributed by atoms with Crippen LogP contribution in [0.2, 0.25) is 0 Å². The van der Waals surface area contributed by atoms with E-state index in [1.807, 2.05) is 11.9 Å². The average molecular weight is 638 g/mol. The molecule has 0 atom stereocenters. The van der Waals surface area contributed by atoms with Crippen LogP contribution in [-0.2, 0) is 23.0 Å². The molecule has 0 amide bonds. The molecule has 16 heteroatoms. The highest BCUT2D eigenvalue weighted by molar-refractivity contribution is 7.92. The van der Waals surface area contributed by atoms with Crippen LogP contribution in [0.15, 0.2) is 65.8 Å². The van der Waals surface area contributed by atoms with E-state index in [2.05, 4.69) is 24.7 Å². The van der Waals surface area contributed by atoms with Gasteiger partial charge in [-0.25, -0.2) is 18.1 Å². The van der Waals surface area contributed by atoms with Crippen LogP contribution >= 0.6 is 0 Å². The number of hydrogen-bond acceptors (Lipinski definition) is 8. The van der Waals surface area contributed by atoms with Gasteiger partial charge in [-0.2, -0.15) is 32.0 Å². The highest BCUT2D eigenvalue weighted by atomic mass is 32.2. The first-order valence-corrected chi connectivity index (χ1v) is 14.8. The van der Waals surface area contributed by atoms with Gasteiger partial charge in [0.25, 0.3) is 10.0 Å². The molecule has 0 unspecified atom stereocenters. The predicted molar refractivity (Wildman–Crippen MR) is 152 cm³/mol. The molecule has 2 aromatic carbocycles. The highest BCUT2D eigenvalue weighted by Gasteiger charge is 2.62. The quantitative estimate of drug-likeness (QED) is 0.264. The van der Waals surface area contributed by atoms with Crippen molar-refractivity contribution in [2.45, 2.75) is 23.9 Å². The van der Waals surface area contributed by atoms with Crippen LogP contribution in [0.4, 0.5) is 33.6 Å². The lowest BCUT2D eigenvalue weighted by Gasteiger charge is -2.34. The molecule has 0 aliphatic carbocycles. The summed E-state index contributed by atoms with van der Waals surface area (Å²) in [6.45, 7) is 4.33. The number of piperazine rings is 1. The number of likely N-dealkylation sites (N-methyl/N-ethyl adjacent to an activating group) is 1. The van der Waals surface area contributed by atoms with E-state index in [9.17, 15) is 21.6 Å². The van der Waals surface area contributed by atoms with E-state index in [4.69, 9.17) is 4.74 Å². The summed E-state index contributed by atoms with van der Waals surface area (Å²) in [5.41, 5.74) is -1.66. The Hall–Kier alpha value is -4.31. The van der Waals surface area contributed by atoms with Crippen molar-refractivity contribution in [2.75, 3.05) is 42.8 Å². The summed E-state index contributed by atoms with van der Waals surface area (Å²) in [6.07, 6.45) is -3.87. The fourth-order valence-corrected chi connectivity index (χ4v) is 5.58. The number of nitrogens with one attached hydrogen (secondary N) is 1. The molecule has 1 saturated heterocycles. The van der Waals surface area contributed by atoms with E-state index in [-0.39, 0.29) is 16.2 Å². The molecule has 4 aromatic rings. The number of benzene rings is 2. The maximum Gasteiger partial charge on any atom is 0.458 e. The lowest BCUT2D eigenvalue weighted by molar-refractivity contribution is -0.289. The number of hydrogen-bond donors (Lipinski definition) is 1. The van der Waals surface area contributed by atoms with Crippen LogP contribution < -0.4 is 14.4 Å². The van der Waals surface area contributed by atoms with Gasteiger partial charge in [0.15, 0.2) is 0 Å². The minimum Gasteiger partial charge on any atom is -0.438 e. The third-order valence-electron chi connectivity index (χ3n) is 7.06. The molecule has 10 nitrogen and oxygen atoms in total. The maximum absolute atomic E-state index is 15.4. The minimum atomic E-state index is -6.07. The van der Waals surface area contributed by atoms with E-state index in [0.717, 1.165) is 25.5 Å². The molecule has 1 fully saturated rings. The summed E-state index contributed by atoms with van der Waals surface area (Å²) in [5, 5.41) is 3.80. The van der Waals surface area contributed by atoms with E-state index in [1.54, 1.807) is 18.2 Å². The van der Waals surface area contributed by atoms with Gasteiger partial charge in [0.2, 0.25) is 11.8 Å². The lowest BCUT2D eigenvalue weighted by Crippen LogP contribution is -2.44. The van der Waals surface area contributed by atoms with Crippen LogP contribution in [0.25, 0.3) is 11.3 Å². The summed E-state index contributed by atoms with van der Waals surface area (Å²) in [6, 6.07) is 12.0. The first kappa shape index (κ1) is 31.1. The molecule has 0 saturated carbocycles. The monoisotopic (exact) mass is 637 g/mol. The Kier molecular flexibility index (Phi) is 8.24.